The first kappa shape index (κ1) is 15.1. The summed E-state index contributed by atoms with van der Waals surface area (Å²) in [5.74, 6) is 3.38. The molecule has 0 amide bonds. The molecule has 0 aliphatic carbocycles. The third-order valence-corrected chi connectivity index (χ3v) is 4.22. The third kappa shape index (κ3) is 3.05. The maximum atomic E-state index is 4.87. The van der Waals surface area contributed by atoms with Crippen LogP contribution in [0.4, 0.5) is 11.6 Å². The Kier molecular flexibility index (Phi) is 4.84. The molecule has 1 fully saturated rings. The lowest BCUT2D eigenvalue weighted by Crippen LogP contribution is -2.34. The van der Waals surface area contributed by atoms with Crippen molar-refractivity contribution in [3.05, 3.63) is 11.4 Å². The van der Waals surface area contributed by atoms with Crippen LogP contribution in [0.5, 0.6) is 0 Å². The van der Waals surface area contributed by atoms with Crippen molar-refractivity contribution >= 4 is 11.6 Å². The second-order valence-corrected chi connectivity index (χ2v) is 6.18. The SMILES string of the molecule is CNc1nc(C(C)C)nc(N2CCCCCC2C)c1C. The van der Waals surface area contributed by atoms with Crippen LogP contribution in [0.25, 0.3) is 0 Å². The van der Waals surface area contributed by atoms with Crippen molar-refractivity contribution in [1.82, 2.24) is 9.97 Å². The van der Waals surface area contributed by atoms with Crippen LogP contribution in [0.3, 0.4) is 0 Å². The molecule has 1 aromatic heterocycles. The van der Waals surface area contributed by atoms with Gasteiger partial charge < -0.3 is 10.2 Å². The van der Waals surface area contributed by atoms with Gasteiger partial charge in [-0.05, 0) is 26.7 Å². The molecule has 0 spiro atoms. The molecule has 1 saturated heterocycles. The highest BCUT2D eigenvalue weighted by Crippen LogP contribution is 2.29. The number of anilines is 2. The minimum atomic E-state index is 0.351. The minimum Gasteiger partial charge on any atom is -0.373 e. The van der Waals surface area contributed by atoms with Gasteiger partial charge in [0.15, 0.2) is 0 Å². The summed E-state index contributed by atoms with van der Waals surface area (Å²) < 4.78 is 0. The van der Waals surface area contributed by atoms with Crippen LogP contribution in [-0.2, 0) is 0 Å². The van der Waals surface area contributed by atoms with Crippen molar-refractivity contribution in [1.29, 1.82) is 0 Å². The van der Waals surface area contributed by atoms with Gasteiger partial charge >= 0.3 is 0 Å². The standard InChI is InChI=1S/C16H28N4/c1-11(2)14-18-15(17-5)13(4)16(19-14)20-10-8-6-7-9-12(20)3/h11-12H,6-10H2,1-5H3,(H,17,18,19). The monoisotopic (exact) mass is 276 g/mol. The Balaban J connectivity index is 2.45. The summed E-state index contributed by atoms with van der Waals surface area (Å²) in [6, 6.07) is 0.566. The molecule has 1 atom stereocenters. The highest BCUT2D eigenvalue weighted by Gasteiger charge is 2.22. The summed E-state index contributed by atoms with van der Waals surface area (Å²) in [4.78, 5) is 12.0. The van der Waals surface area contributed by atoms with Gasteiger partial charge in [0.05, 0.1) is 0 Å². The second-order valence-electron chi connectivity index (χ2n) is 6.18. The lowest BCUT2D eigenvalue weighted by Gasteiger charge is -2.30. The van der Waals surface area contributed by atoms with E-state index in [4.69, 9.17) is 4.98 Å². The van der Waals surface area contributed by atoms with Crippen LogP contribution < -0.4 is 10.2 Å². The summed E-state index contributed by atoms with van der Waals surface area (Å²) in [6.45, 7) is 9.86. The number of hydrogen-bond acceptors (Lipinski definition) is 4. The molecule has 4 heteroatoms. The fraction of sp³-hybridized carbons (Fsp3) is 0.750. The molecule has 0 aromatic carbocycles. The number of hydrogen-bond donors (Lipinski definition) is 1. The van der Waals surface area contributed by atoms with Crippen LogP contribution >= 0.6 is 0 Å². The normalized spacial score (nSPS) is 20.1. The number of aromatic nitrogens is 2. The van der Waals surface area contributed by atoms with Crippen molar-refractivity contribution in [3.8, 4) is 0 Å². The van der Waals surface area contributed by atoms with Gasteiger partial charge in [-0.2, -0.15) is 0 Å². The average molecular weight is 276 g/mol. The van der Waals surface area contributed by atoms with Gasteiger partial charge in [-0.1, -0.05) is 26.7 Å². The topological polar surface area (TPSA) is 41.1 Å². The number of rotatable bonds is 3. The summed E-state index contributed by atoms with van der Waals surface area (Å²) in [5, 5.41) is 3.22. The minimum absolute atomic E-state index is 0.351. The van der Waals surface area contributed by atoms with Gasteiger partial charge in [0, 0.05) is 31.1 Å². The molecule has 0 radical (unpaired) electrons. The quantitative estimate of drug-likeness (QED) is 0.913. The number of nitrogens with one attached hydrogen (secondary N) is 1. The van der Waals surface area contributed by atoms with Gasteiger partial charge in [0.1, 0.15) is 17.5 Å². The molecule has 0 bridgehead atoms. The Labute approximate surface area is 123 Å². The zero-order valence-corrected chi connectivity index (χ0v) is 13.5. The van der Waals surface area contributed by atoms with Crippen LogP contribution in [-0.4, -0.2) is 29.6 Å². The van der Waals surface area contributed by atoms with Crippen LogP contribution in [0.15, 0.2) is 0 Å². The van der Waals surface area contributed by atoms with E-state index < -0.39 is 0 Å². The summed E-state index contributed by atoms with van der Waals surface area (Å²) in [5.41, 5.74) is 1.17. The van der Waals surface area contributed by atoms with E-state index >= 15 is 0 Å². The molecular formula is C16H28N4. The molecule has 1 unspecified atom stereocenters. The first-order chi connectivity index (χ1) is 9.54. The van der Waals surface area contributed by atoms with Crippen molar-refractivity contribution in [2.24, 2.45) is 0 Å². The molecule has 0 saturated carbocycles. The average Bonchev–Trinajstić information content (AvgIpc) is 2.63. The molecule has 1 aliphatic rings. The first-order valence-electron chi connectivity index (χ1n) is 7.87. The summed E-state index contributed by atoms with van der Waals surface area (Å²) >= 11 is 0. The van der Waals surface area contributed by atoms with Crippen molar-refractivity contribution in [3.63, 3.8) is 0 Å². The van der Waals surface area contributed by atoms with Gasteiger partial charge in [-0.25, -0.2) is 9.97 Å². The molecule has 20 heavy (non-hydrogen) atoms. The zero-order valence-electron chi connectivity index (χ0n) is 13.5. The molecule has 1 aliphatic heterocycles. The second kappa shape index (κ2) is 6.42. The van der Waals surface area contributed by atoms with E-state index in [1.54, 1.807) is 0 Å². The predicted octanol–water partition coefficient (Wildman–Crippen LogP) is 3.72. The fourth-order valence-electron chi connectivity index (χ4n) is 2.89. The number of nitrogens with zero attached hydrogens (tertiary/aromatic N) is 3. The van der Waals surface area contributed by atoms with Gasteiger partial charge in [0.25, 0.3) is 0 Å². The van der Waals surface area contributed by atoms with Gasteiger partial charge in [0.2, 0.25) is 0 Å². The van der Waals surface area contributed by atoms with Crippen molar-refractivity contribution < 1.29 is 0 Å². The van der Waals surface area contributed by atoms with E-state index in [1.807, 2.05) is 7.05 Å². The Bertz CT molecular complexity index is 456. The molecule has 1 N–H and O–H groups in total. The Morgan fingerprint density at radius 1 is 1.20 bits per heavy atom. The Morgan fingerprint density at radius 3 is 2.60 bits per heavy atom. The van der Waals surface area contributed by atoms with Crippen molar-refractivity contribution in [2.75, 3.05) is 23.8 Å². The van der Waals surface area contributed by atoms with Gasteiger partial charge in [-0.15, -0.1) is 0 Å². The highest BCUT2D eigenvalue weighted by molar-refractivity contribution is 5.59. The largest absolute Gasteiger partial charge is 0.373 e. The maximum absolute atomic E-state index is 4.87. The van der Waals surface area contributed by atoms with E-state index in [9.17, 15) is 0 Å². The Hall–Kier alpha value is -1.32. The van der Waals surface area contributed by atoms with Gasteiger partial charge in [-0.3, -0.25) is 0 Å². The summed E-state index contributed by atoms with van der Waals surface area (Å²) in [7, 11) is 1.94. The van der Waals surface area contributed by atoms with E-state index in [2.05, 4.69) is 42.9 Å². The molecule has 2 rings (SSSR count). The molecule has 1 aromatic rings. The van der Waals surface area contributed by atoms with Crippen molar-refractivity contribution in [2.45, 2.75) is 65.3 Å². The van der Waals surface area contributed by atoms with E-state index in [0.717, 1.165) is 24.0 Å². The molecular weight excluding hydrogens is 248 g/mol. The molecule has 112 valence electrons. The molecule has 2 heterocycles. The first-order valence-corrected chi connectivity index (χ1v) is 7.87. The lowest BCUT2D eigenvalue weighted by molar-refractivity contribution is 0.606. The van der Waals surface area contributed by atoms with E-state index in [0.29, 0.717) is 12.0 Å². The van der Waals surface area contributed by atoms with Crippen LogP contribution in [0.2, 0.25) is 0 Å². The third-order valence-electron chi connectivity index (χ3n) is 4.22. The van der Waals surface area contributed by atoms with E-state index in [1.165, 1.54) is 31.2 Å². The van der Waals surface area contributed by atoms with E-state index in [-0.39, 0.29) is 0 Å². The van der Waals surface area contributed by atoms with Crippen LogP contribution in [0, 0.1) is 6.92 Å². The summed E-state index contributed by atoms with van der Waals surface area (Å²) in [6.07, 6.45) is 5.19. The predicted molar refractivity (Wildman–Crippen MR) is 85.7 cm³/mol. The van der Waals surface area contributed by atoms with Crippen LogP contribution in [0.1, 0.15) is 63.8 Å². The zero-order chi connectivity index (χ0) is 14.7. The lowest BCUT2D eigenvalue weighted by atomic mass is 10.1. The maximum Gasteiger partial charge on any atom is 0.137 e. The Morgan fingerprint density at radius 2 is 1.95 bits per heavy atom. The molecule has 4 nitrogen and oxygen atoms in total. The fourth-order valence-corrected chi connectivity index (χ4v) is 2.89. The highest BCUT2D eigenvalue weighted by atomic mass is 15.2. The smallest absolute Gasteiger partial charge is 0.137 e.